The number of nitrogens with two attached hydrogens (primary N) is 1. The second kappa shape index (κ2) is 4.94. The quantitative estimate of drug-likeness (QED) is 0.750. The fourth-order valence-electron chi connectivity index (χ4n) is 1.45. The molecular formula is C10H17N3. The molecule has 72 valence electrons. The highest BCUT2D eigenvalue weighted by Crippen LogP contribution is 2.19. The molecule has 0 aliphatic heterocycles. The van der Waals surface area contributed by atoms with Crippen molar-refractivity contribution in [1.29, 1.82) is 0 Å². The fraction of sp³-hybridized carbons (Fsp3) is 0.500. The molecule has 0 fully saturated rings. The number of hydrogen-bond donors (Lipinski definition) is 1. The van der Waals surface area contributed by atoms with Gasteiger partial charge in [0.15, 0.2) is 0 Å². The standard InChI is InChI=1S/C10H17N3/c1-13(2)10(5-6-11)9-4-3-7-12-8-9/h3-4,7-8,10H,5-6,11H2,1-2H3. The summed E-state index contributed by atoms with van der Waals surface area (Å²) in [5.41, 5.74) is 6.79. The molecule has 0 saturated heterocycles. The molecule has 1 rings (SSSR count). The van der Waals surface area contributed by atoms with Crippen molar-refractivity contribution in [2.24, 2.45) is 5.73 Å². The minimum atomic E-state index is 0.388. The van der Waals surface area contributed by atoms with Crippen LogP contribution >= 0.6 is 0 Å². The fourth-order valence-corrected chi connectivity index (χ4v) is 1.45. The van der Waals surface area contributed by atoms with E-state index < -0.39 is 0 Å². The zero-order valence-corrected chi connectivity index (χ0v) is 8.27. The minimum absolute atomic E-state index is 0.388. The smallest absolute Gasteiger partial charge is 0.0369 e. The van der Waals surface area contributed by atoms with Crippen LogP contribution in [-0.4, -0.2) is 30.5 Å². The molecular weight excluding hydrogens is 162 g/mol. The Morgan fingerprint density at radius 1 is 1.54 bits per heavy atom. The van der Waals surface area contributed by atoms with E-state index in [1.165, 1.54) is 5.56 Å². The van der Waals surface area contributed by atoms with Crippen molar-refractivity contribution < 1.29 is 0 Å². The van der Waals surface area contributed by atoms with Crippen molar-refractivity contribution in [2.75, 3.05) is 20.6 Å². The first-order chi connectivity index (χ1) is 6.25. The van der Waals surface area contributed by atoms with Crippen LogP contribution in [0.1, 0.15) is 18.0 Å². The molecule has 1 aromatic heterocycles. The highest BCUT2D eigenvalue weighted by Gasteiger charge is 2.12. The first-order valence-electron chi connectivity index (χ1n) is 4.52. The van der Waals surface area contributed by atoms with Gasteiger partial charge in [0, 0.05) is 18.4 Å². The van der Waals surface area contributed by atoms with Crippen LogP contribution in [0.5, 0.6) is 0 Å². The van der Waals surface area contributed by atoms with Crippen LogP contribution in [0.2, 0.25) is 0 Å². The molecule has 0 aliphatic carbocycles. The number of rotatable bonds is 4. The maximum Gasteiger partial charge on any atom is 0.0369 e. The topological polar surface area (TPSA) is 42.1 Å². The van der Waals surface area contributed by atoms with E-state index >= 15 is 0 Å². The molecule has 0 saturated carbocycles. The summed E-state index contributed by atoms with van der Waals surface area (Å²) in [6.45, 7) is 0.706. The Hall–Kier alpha value is -0.930. The third-order valence-corrected chi connectivity index (χ3v) is 2.13. The van der Waals surface area contributed by atoms with Crippen molar-refractivity contribution >= 4 is 0 Å². The van der Waals surface area contributed by atoms with E-state index in [0.29, 0.717) is 12.6 Å². The summed E-state index contributed by atoms with van der Waals surface area (Å²) in [6, 6.07) is 4.44. The van der Waals surface area contributed by atoms with Crippen molar-refractivity contribution in [3.05, 3.63) is 30.1 Å². The Morgan fingerprint density at radius 2 is 2.31 bits per heavy atom. The van der Waals surface area contributed by atoms with E-state index in [9.17, 15) is 0 Å². The second-order valence-corrected chi connectivity index (χ2v) is 3.34. The Labute approximate surface area is 79.6 Å². The summed E-state index contributed by atoms with van der Waals surface area (Å²) in [5, 5.41) is 0. The van der Waals surface area contributed by atoms with Gasteiger partial charge in [-0.25, -0.2) is 0 Å². The summed E-state index contributed by atoms with van der Waals surface area (Å²) in [6.07, 6.45) is 4.66. The maximum absolute atomic E-state index is 5.56. The van der Waals surface area contributed by atoms with Gasteiger partial charge in [-0.05, 0) is 38.7 Å². The van der Waals surface area contributed by atoms with E-state index in [-0.39, 0.29) is 0 Å². The van der Waals surface area contributed by atoms with E-state index in [1.807, 2.05) is 12.3 Å². The summed E-state index contributed by atoms with van der Waals surface area (Å²) < 4.78 is 0. The van der Waals surface area contributed by atoms with Crippen LogP contribution < -0.4 is 5.73 Å². The zero-order chi connectivity index (χ0) is 9.68. The Morgan fingerprint density at radius 3 is 2.77 bits per heavy atom. The van der Waals surface area contributed by atoms with Gasteiger partial charge in [-0.3, -0.25) is 4.98 Å². The largest absolute Gasteiger partial charge is 0.330 e. The Kier molecular flexibility index (Phi) is 3.86. The van der Waals surface area contributed by atoms with Gasteiger partial charge in [0.1, 0.15) is 0 Å². The average molecular weight is 179 g/mol. The van der Waals surface area contributed by atoms with E-state index in [1.54, 1.807) is 6.20 Å². The molecule has 0 amide bonds. The zero-order valence-electron chi connectivity index (χ0n) is 8.27. The van der Waals surface area contributed by atoms with Crippen molar-refractivity contribution in [1.82, 2.24) is 9.88 Å². The summed E-state index contributed by atoms with van der Waals surface area (Å²) in [5.74, 6) is 0. The molecule has 1 aromatic rings. The van der Waals surface area contributed by atoms with Gasteiger partial charge in [0.2, 0.25) is 0 Å². The number of nitrogens with zero attached hydrogens (tertiary/aromatic N) is 2. The molecule has 1 unspecified atom stereocenters. The summed E-state index contributed by atoms with van der Waals surface area (Å²) >= 11 is 0. The monoisotopic (exact) mass is 179 g/mol. The predicted molar refractivity (Wildman–Crippen MR) is 54.3 cm³/mol. The van der Waals surface area contributed by atoms with Crippen molar-refractivity contribution in [3.63, 3.8) is 0 Å². The van der Waals surface area contributed by atoms with Gasteiger partial charge < -0.3 is 10.6 Å². The van der Waals surface area contributed by atoms with Crippen molar-refractivity contribution in [3.8, 4) is 0 Å². The van der Waals surface area contributed by atoms with Gasteiger partial charge in [-0.15, -0.1) is 0 Å². The van der Waals surface area contributed by atoms with Gasteiger partial charge >= 0.3 is 0 Å². The lowest BCUT2D eigenvalue weighted by atomic mass is 10.1. The average Bonchev–Trinajstić information content (AvgIpc) is 2.15. The molecule has 0 spiro atoms. The second-order valence-electron chi connectivity index (χ2n) is 3.34. The van der Waals surface area contributed by atoms with Crippen LogP contribution in [0.15, 0.2) is 24.5 Å². The molecule has 13 heavy (non-hydrogen) atoms. The molecule has 1 atom stereocenters. The van der Waals surface area contributed by atoms with E-state index in [2.05, 4.69) is 30.0 Å². The Balaban J connectivity index is 2.76. The van der Waals surface area contributed by atoms with Gasteiger partial charge in [-0.2, -0.15) is 0 Å². The summed E-state index contributed by atoms with van der Waals surface area (Å²) in [7, 11) is 4.13. The number of hydrogen-bond acceptors (Lipinski definition) is 3. The van der Waals surface area contributed by atoms with Crippen LogP contribution in [0.3, 0.4) is 0 Å². The van der Waals surface area contributed by atoms with Crippen LogP contribution in [0, 0.1) is 0 Å². The highest BCUT2D eigenvalue weighted by atomic mass is 15.1. The Bertz CT molecular complexity index is 233. The lowest BCUT2D eigenvalue weighted by Crippen LogP contribution is -2.22. The molecule has 3 heteroatoms. The summed E-state index contributed by atoms with van der Waals surface area (Å²) in [4.78, 5) is 6.27. The van der Waals surface area contributed by atoms with E-state index in [4.69, 9.17) is 5.73 Å². The molecule has 1 heterocycles. The van der Waals surface area contributed by atoms with Gasteiger partial charge in [0.25, 0.3) is 0 Å². The van der Waals surface area contributed by atoms with Gasteiger partial charge in [-0.1, -0.05) is 6.07 Å². The SMILES string of the molecule is CN(C)C(CCN)c1cccnc1. The van der Waals surface area contributed by atoms with Crippen molar-refractivity contribution in [2.45, 2.75) is 12.5 Å². The minimum Gasteiger partial charge on any atom is -0.330 e. The third-order valence-electron chi connectivity index (χ3n) is 2.13. The third kappa shape index (κ3) is 2.79. The molecule has 3 nitrogen and oxygen atoms in total. The molecule has 2 N–H and O–H groups in total. The maximum atomic E-state index is 5.56. The normalized spacial score (nSPS) is 13.2. The highest BCUT2D eigenvalue weighted by molar-refractivity contribution is 5.13. The van der Waals surface area contributed by atoms with Crippen LogP contribution in [0.25, 0.3) is 0 Å². The molecule has 0 aromatic carbocycles. The van der Waals surface area contributed by atoms with E-state index in [0.717, 1.165) is 6.42 Å². The van der Waals surface area contributed by atoms with Crippen LogP contribution in [0.4, 0.5) is 0 Å². The predicted octanol–water partition coefficient (Wildman–Crippen LogP) is 1.03. The number of pyridine rings is 1. The first kappa shape index (κ1) is 10.2. The first-order valence-corrected chi connectivity index (χ1v) is 4.52. The lowest BCUT2D eigenvalue weighted by molar-refractivity contribution is 0.286. The molecule has 0 radical (unpaired) electrons. The molecule has 0 bridgehead atoms. The van der Waals surface area contributed by atoms with Gasteiger partial charge in [0.05, 0.1) is 0 Å². The molecule has 0 aliphatic rings. The number of aromatic nitrogens is 1. The lowest BCUT2D eigenvalue weighted by Gasteiger charge is -2.23. The van der Waals surface area contributed by atoms with Crippen LogP contribution in [-0.2, 0) is 0 Å².